The molecule has 2 saturated carbocycles. The van der Waals surface area contributed by atoms with Crippen molar-refractivity contribution in [3.8, 4) is 0 Å². The normalized spacial score (nSPS) is 19.4. The van der Waals surface area contributed by atoms with Gasteiger partial charge in [0.1, 0.15) is 0 Å². The molecule has 0 aliphatic heterocycles. The number of hydrogen-bond donors (Lipinski definition) is 2. The summed E-state index contributed by atoms with van der Waals surface area (Å²) in [6.45, 7) is 2.18. The first-order valence-electron chi connectivity index (χ1n) is 10.6. The van der Waals surface area contributed by atoms with Gasteiger partial charge >= 0.3 is 0 Å². The van der Waals surface area contributed by atoms with E-state index in [-0.39, 0.29) is 0 Å². The van der Waals surface area contributed by atoms with Crippen LogP contribution in [0.25, 0.3) is 0 Å². The van der Waals surface area contributed by atoms with Crippen molar-refractivity contribution < 1.29 is 0 Å². The second kappa shape index (κ2) is 8.78. The second-order valence-corrected chi connectivity index (χ2v) is 8.10. The molecule has 4 N–H and O–H groups in total. The Balaban J connectivity index is 1.88. The molecule has 3 rings (SSSR count). The molecule has 0 amide bonds. The van der Waals surface area contributed by atoms with Crippen LogP contribution in [0.3, 0.4) is 0 Å². The van der Waals surface area contributed by atoms with Crippen LogP contribution in [0, 0.1) is 0 Å². The van der Waals surface area contributed by atoms with Crippen LogP contribution in [-0.4, -0.2) is 0 Å². The molecule has 0 atom stereocenters. The minimum absolute atomic E-state index is 0.676. The molecule has 2 nitrogen and oxygen atoms in total. The average molecular weight is 341 g/mol. The third kappa shape index (κ3) is 4.22. The minimum atomic E-state index is 0.676. The summed E-state index contributed by atoms with van der Waals surface area (Å²) >= 11 is 0. The number of nitrogen functional groups attached to an aromatic ring is 2. The van der Waals surface area contributed by atoms with Gasteiger partial charge in [0.05, 0.1) is 0 Å². The first-order valence-corrected chi connectivity index (χ1v) is 10.6. The van der Waals surface area contributed by atoms with E-state index in [1.807, 2.05) is 0 Å². The largest absolute Gasteiger partial charge is 0.398 e. The third-order valence-corrected chi connectivity index (χ3v) is 6.34. The van der Waals surface area contributed by atoms with Crippen LogP contribution in [0.2, 0.25) is 0 Å². The van der Waals surface area contributed by atoms with Gasteiger partial charge in [-0.05, 0) is 86.0 Å². The highest BCUT2D eigenvalue weighted by atomic mass is 14.6. The van der Waals surface area contributed by atoms with Crippen LogP contribution in [0.15, 0.2) is 18.2 Å². The number of anilines is 2. The Morgan fingerprint density at radius 3 is 2.24 bits per heavy atom. The lowest BCUT2D eigenvalue weighted by Gasteiger charge is -2.25. The number of hydrogen-bond acceptors (Lipinski definition) is 2. The molecule has 1 aromatic rings. The van der Waals surface area contributed by atoms with Gasteiger partial charge in [0, 0.05) is 11.4 Å². The van der Waals surface area contributed by atoms with Gasteiger partial charge in [-0.25, -0.2) is 0 Å². The zero-order chi connectivity index (χ0) is 17.6. The monoisotopic (exact) mass is 340 g/mol. The summed E-state index contributed by atoms with van der Waals surface area (Å²) in [5.74, 6) is 1.37. The predicted octanol–water partition coefficient (Wildman–Crippen LogP) is 6.46. The summed E-state index contributed by atoms with van der Waals surface area (Å²) in [4.78, 5) is 0. The van der Waals surface area contributed by atoms with Gasteiger partial charge in [-0.2, -0.15) is 0 Å². The van der Waals surface area contributed by atoms with Crippen molar-refractivity contribution in [3.63, 3.8) is 0 Å². The van der Waals surface area contributed by atoms with E-state index < -0.39 is 0 Å². The van der Waals surface area contributed by atoms with E-state index in [9.17, 15) is 0 Å². The molecule has 2 fully saturated rings. The summed E-state index contributed by atoms with van der Waals surface area (Å²) in [5.41, 5.74) is 19.5. The Hall–Kier alpha value is -1.44. The van der Waals surface area contributed by atoms with Crippen LogP contribution < -0.4 is 11.5 Å². The fraction of sp³-hybridized carbons (Fsp3) is 0.652. The van der Waals surface area contributed by atoms with Gasteiger partial charge in [-0.15, -0.1) is 0 Å². The van der Waals surface area contributed by atoms with Crippen molar-refractivity contribution >= 4 is 11.4 Å². The SMILES string of the molecule is CCC=CCCCc1c(N)cc(C2CCCC2)c(C2CCCC2)c1N. The fourth-order valence-electron chi connectivity index (χ4n) is 5.01. The highest BCUT2D eigenvalue weighted by Crippen LogP contribution is 2.47. The lowest BCUT2D eigenvalue weighted by atomic mass is 9.82. The first-order chi connectivity index (χ1) is 12.2. The fourth-order valence-corrected chi connectivity index (χ4v) is 5.01. The summed E-state index contributed by atoms with van der Waals surface area (Å²) in [6.07, 6.45) is 19.6. The molecule has 138 valence electrons. The average Bonchev–Trinajstić information content (AvgIpc) is 3.30. The molecular weight excluding hydrogens is 304 g/mol. The standard InChI is InChI=1S/C23H36N2/c1-2-3-4-5-6-15-19-21(24)16-20(17-11-7-8-12-17)22(23(19)25)18-13-9-10-14-18/h3-4,16-18H,2,5-15,24-25H2,1H3. The Kier molecular flexibility index (Phi) is 6.45. The van der Waals surface area contributed by atoms with Crippen LogP contribution in [0.5, 0.6) is 0 Å². The molecule has 2 aliphatic carbocycles. The topological polar surface area (TPSA) is 52.0 Å². The van der Waals surface area contributed by atoms with Crippen molar-refractivity contribution in [2.45, 2.75) is 95.8 Å². The first kappa shape index (κ1) is 18.4. The van der Waals surface area contributed by atoms with Gasteiger partial charge in [0.25, 0.3) is 0 Å². The van der Waals surface area contributed by atoms with E-state index in [0.29, 0.717) is 11.8 Å². The lowest BCUT2D eigenvalue weighted by Crippen LogP contribution is -2.12. The zero-order valence-electron chi connectivity index (χ0n) is 16.0. The van der Waals surface area contributed by atoms with E-state index >= 15 is 0 Å². The van der Waals surface area contributed by atoms with E-state index in [1.54, 1.807) is 0 Å². The van der Waals surface area contributed by atoms with E-state index in [2.05, 4.69) is 25.1 Å². The Labute approximate surface area is 154 Å². The van der Waals surface area contributed by atoms with Crippen molar-refractivity contribution in [1.29, 1.82) is 0 Å². The minimum Gasteiger partial charge on any atom is -0.398 e. The number of rotatable bonds is 7. The highest BCUT2D eigenvalue weighted by Gasteiger charge is 2.29. The highest BCUT2D eigenvalue weighted by molar-refractivity contribution is 5.70. The van der Waals surface area contributed by atoms with Crippen molar-refractivity contribution in [2.75, 3.05) is 11.5 Å². The third-order valence-electron chi connectivity index (χ3n) is 6.34. The molecule has 0 unspecified atom stereocenters. The van der Waals surface area contributed by atoms with Gasteiger partial charge in [-0.1, -0.05) is 44.8 Å². The van der Waals surface area contributed by atoms with Crippen LogP contribution in [0.4, 0.5) is 11.4 Å². The van der Waals surface area contributed by atoms with Crippen LogP contribution in [0.1, 0.15) is 106 Å². The molecule has 2 aliphatic rings. The van der Waals surface area contributed by atoms with Crippen molar-refractivity contribution in [1.82, 2.24) is 0 Å². The van der Waals surface area contributed by atoms with E-state index in [1.165, 1.54) is 68.1 Å². The maximum Gasteiger partial charge on any atom is 0.0405 e. The smallest absolute Gasteiger partial charge is 0.0405 e. The Morgan fingerprint density at radius 1 is 0.960 bits per heavy atom. The molecule has 2 heteroatoms. The number of nitrogens with two attached hydrogens (primary N) is 2. The number of unbranched alkanes of at least 4 members (excludes halogenated alkanes) is 1. The molecule has 0 bridgehead atoms. The molecule has 0 aromatic heterocycles. The predicted molar refractivity (Wildman–Crippen MR) is 110 cm³/mol. The van der Waals surface area contributed by atoms with E-state index in [0.717, 1.165) is 37.1 Å². The van der Waals surface area contributed by atoms with Crippen molar-refractivity contribution in [2.24, 2.45) is 0 Å². The molecule has 0 saturated heterocycles. The van der Waals surface area contributed by atoms with Crippen LogP contribution >= 0.6 is 0 Å². The summed E-state index contributed by atoms with van der Waals surface area (Å²) < 4.78 is 0. The molecular formula is C23H36N2. The zero-order valence-corrected chi connectivity index (χ0v) is 16.0. The van der Waals surface area contributed by atoms with Gasteiger partial charge in [-0.3, -0.25) is 0 Å². The number of allylic oxidation sites excluding steroid dienone is 2. The Bertz CT molecular complexity index is 591. The Morgan fingerprint density at radius 2 is 1.60 bits per heavy atom. The molecule has 0 spiro atoms. The lowest BCUT2D eigenvalue weighted by molar-refractivity contribution is 0.665. The van der Waals surface area contributed by atoms with Gasteiger partial charge in [0.2, 0.25) is 0 Å². The number of benzene rings is 1. The molecule has 1 aromatic carbocycles. The second-order valence-electron chi connectivity index (χ2n) is 8.10. The molecule has 0 radical (unpaired) electrons. The van der Waals surface area contributed by atoms with Gasteiger partial charge < -0.3 is 11.5 Å². The summed E-state index contributed by atoms with van der Waals surface area (Å²) in [7, 11) is 0. The maximum absolute atomic E-state index is 6.78. The summed E-state index contributed by atoms with van der Waals surface area (Å²) in [5, 5.41) is 0. The maximum atomic E-state index is 6.78. The quantitative estimate of drug-likeness (QED) is 0.340. The molecule has 25 heavy (non-hydrogen) atoms. The van der Waals surface area contributed by atoms with Crippen molar-refractivity contribution in [3.05, 3.63) is 34.9 Å². The van der Waals surface area contributed by atoms with Crippen LogP contribution in [-0.2, 0) is 6.42 Å². The van der Waals surface area contributed by atoms with E-state index in [4.69, 9.17) is 11.5 Å². The summed E-state index contributed by atoms with van der Waals surface area (Å²) in [6, 6.07) is 2.32. The molecule has 0 heterocycles. The van der Waals surface area contributed by atoms with Gasteiger partial charge in [0.15, 0.2) is 0 Å².